The van der Waals surface area contributed by atoms with Crippen LogP contribution < -0.4 is 5.73 Å². The summed E-state index contributed by atoms with van der Waals surface area (Å²) in [5, 5.41) is 0.634. The lowest BCUT2D eigenvalue weighted by atomic mass is 10.2. The molecule has 0 bridgehead atoms. The van der Waals surface area contributed by atoms with Gasteiger partial charge in [0, 0.05) is 5.02 Å². The fourth-order valence-corrected chi connectivity index (χ4v) is 2.25. The van der Waals surface area contributed by atoms with Gasteiger partial charge in [-0.25, -0.2) is 9.37 Å². The molecule has 2 N–H and O–H groups in total. The summed E-state index contributed by atoms with van der Waals surface area (Å²) < 4.78 is 15.2. The van der Waals surface area contributed by atoms with Crippen LogP contribution in [0, 0.1) is 5.82 Å². The molecule has 0 amide bonds. The van der Waals surface area contributed by atoms with Gasteiger partial charge in [-0.2, -0.15) is 0 Å². The molecular formula is C13H8Cl2FN3. The molecule has 19 heavy (non-hydrogen) atoms. The van der Waals surface area contributed by atoms with Crippen LogP contribution in [0.5, 0.6) is 0 Å². The van der Waals surface area contributed by atoms with Gasteiger partial charge < -0.3 is 5.73 Å². The summed E-state index contributed by atoms with van der Waals surface area (Å²) in [6, 6.07) is 9.69. The predicted molar refractivity (Wildman–Crippen MR) is 75.5 cm³/mol. The number of fused-ring (bicyclic) bond motifs is 1. The Balaban J connectivity index is 2.29. The first-order valence-electron chi connectivity index (χ1n) is 5.45. The van der Waals surface area contributed by atoms with E-state index in [9.17, 15) is 4.39 Å². The standard InChI is InChI=1S/C13H8Cl2FN3/c14-7-1-4-12-11(5-7)18-13(17)19(12)8-2-3-9(15)10(16)6-8/h1-6H,(H2,17,18). The number of benzene rings is 2. The Morgan fingerprint density at radius 1 is 1.11 bits per heavy atom. The number of nitrogens with two attached hydrogens (primary N) is 1. The molecule has 0 unspecified atom stereocenters. The summed E-state index contributed by atoms with van der Waals surface area (Å²) in [4.78, 5) is 4.20. The average Bonchev–Trinajstić information content (AvgIpc) is 2.68. The van der Waals surface area contributed by atoms with Crippen LogP contribution in [0.2, 0.25) is 10.0 Å². The minimum atomic E-state index is -0.505. The van der Waals surface area contributed by atoms with Crippen molar-refractivity contribution in [1.82, 2.24) is 9.55 Å². The number of nitrogens with zero attached hydrogens (tertiary/aromatic N) is 2. The van der Waals surface area contributed by atoms with Gasteiger partial charge in [-0.1, -0.05) is 23.2 Å². The number of halogens is 3. The van der Waals surface area contributed by atoms with Crippen LogP contribution in [0.1, 0.15) is 0 Å². The first-order valence-corrected chi connectivity index (χ1v) is 6.21. The van der Waals surface area contributed by atoms with Crippen LogP contribution >= 0.6 is 23.2 Å². The van der Waals surface area contributed by atoms with Crippen LogP contribution in [0.15, 0.2) is 36.4 Å². The molecule has 1 heterocycles. The maximum atomic E-state index is 13.5. The lowest BCUT2D eigenvalue weighted by Gasteiger charge is -2.07. The van der Waals surface area contributed by atoms with E-state index in [0.29, 0.717) is 16.2 Å². The Hall–Kier alpha value is -1.78. The Labute approximate surface area is 118 Å². The minimum Gasteiger partial charge on any atom is -0.369 e. The van der Waals surface area contributed by atoms with Crippen molar-refractivity contribution in [2.24, 2.45) is 0 Å². The topological polar surface area (TPSA) is 43.8 Å². The quantitative estimate of drug-likeness (QED) is 0.736. The number of hydrogen-bond acceptors (Lipinski definition) is 2. The molecule has 0 aliphatic carbocycles. The highest BCUT2D eigenvalue weighted by Gasteiger charge is 2.11. The number of nitrogen functional groups attached to an aromatic ring is 1. The first-order chi connectivity index (χ1) is 9.06. The first kappa shape index (κ1) is 12.3. The van der Waals surface area contributed by atoms with Crippen LogP contribution in [0.4, 0.5) is 10.3 Å². The van der Waals surface area contributed by atoms with Crippen LogP contribution in [0.3, 0.4) is 0 Å². The van der Waals surface area contributed by atoms with Gasteiger partial charge in [-0.15, -0.1) is 0 Å². The second kappa shape index (κ2) is 4.40. The molecular weight excluding hydrogens is 288 g/mol. The van der Waals surface area contributed by atoms with E-state index >= 15 is 0 Å². The van der Waals surface area contributed by atoms with E-state index in [1.807, 2.05) is 0 Å². The molecule has 2 aromatic carbocycles. The SMILES string of the molecule is Nc1nc2cc(Cl)ccc2n1-c1ccc(Cl)c(F)c1. The van der Waals surface area contributed by atoms with Gasteiger partial charge in [0.05, 0.1) is 21.7 Å². The molecule has 3 rings (SSSR count). The van der Waals surface area contributed by atoms with Gasteiger partial charge in [0.1, 0.15) is 5.82 Å². The summed E-state index contributed by atoms with van der Waals surface area (Å²) in [5.74, 6) is -0.242. The van der Waals surface area contributed by atoms with Crippen molar-refractivity contribution in [1.29, 1.82) is 0 Å². The van der Waals surface area contributed by atoms with Gasteiger partial charge in [0.2, 0.25) is 5.95 Å². The molecule has 1 aromatic heterocycles. The summed E-state index contributed by atoms with van der Waals surface area (Å²) in [6.07, 6.45) is 0. The second-order valence-electron chi connectivity index (χ2n) is 4.04. The number of anilines is 1. The molecule has 0 saturated carbocycles. The number of aromatic nitrogens is 2. The lowest BCUT2D eigenvalue weighted by molar-refractivity contribution is 0.627. The minimum absolute atomic E-state index is 0.0646. The summed E-state index contributed by atoms with van der Waals surface area (Å²) in [7, 11) is 0. The van der Waals surface area contributed by atoms with Crippen molar-refractivity contribution in [3.63, 3.8) is 0 Å². The van der Waals surface area contributed by atoms with Crippen LogP contribution in [-0.4, -0.2) is 9.55 Å². The summed E-state index contributed by atoms with van der Waals surface area (Å²) in [5.41, 5.74) is 7.84. The third kappa shape index (κ3) is 2.03. The molecule has 3 aromatic rings. The molecule has 0 fully saturated rings. The molecule has 96 valence electrons. The smallest absolute Gasteiger partial charge is 0.205 e. The second-order valence-corrected chi connectivity index (χ2v) is 4.88. The van der Waals surface area contributed by atoms with Crippen molar-refractivity contribution >= 4 is 40.2 Å². The molecule has 0 aliphatic rings. The zero-order valence-electron chi connectivity index (χ0n) is 9.57. The Morgan fingerprint density at radius 3 is 2.63 bits per heavy atom. The summed E-state index contributed by atoms with van der Waals surface area (Å²) in [6.45, 7) is 0. The number of rotatable bonds is 1. The van der Waals surface area contributed by atoms with Crippen LogP contribution in [-0.2, 0) is 0 Å². The molecule has 0 radical (unpaired) electrons. The fraction of sp³-hybridized carbons (Fsp3) is 0. The fourth-order valence-electron chi connectivity index (χ4n) is 1.97. The highest BCUT2D eigenvalue weighted by molar-refractivity contribution is 6.31. The van der Waals surface area contributed by atoms with E-state index in [2.05, 4.69) is 4.98 Å². The van der Waals surface area contributed by atoms with E-state index in [-0.39, 0.29) is 11.0 Å². The average molecular weight is 296 g/mol. The van der Waals surface area contributed by atoms with Crippen LogP contribution in [0.25, 0.3) is 16.7 Å². The Morgan fingerprint density at radius 2 is 1.89 bits per heavy atom. The predicted octanol–water partition coefficient (Wildman–Crippen LogP) is 4.05. The highest BCUT2D eigenvalue weighted by atomic mass is 35.5. The zero-order chi connectivity index (χ0) is 13.6. The number of hydrogen-bond donors (Lipinski definition) is 1. The van der Waals surface area contributed by atoms with Crippen molar-refractivity contribution in [3.05, 3.63) is 52.3 Å². The van der Waals surface area contributed by atoms with Crippen molar-refractivity contribution in [3.8, 4) is 5.69 Å². The van der Waals surface area contributed by atoms with Gasteiger partial charge in [0.15, 0.2) is 0 Å². The Kier molecular flexibility index (Phi) is 2.84. The largest absolute Gasteiger partial charge is 0.369 e. The van der Waals surface area contributed by atoms with Gasteiger partial charge in [-0.05, 0) is 36.4 Å². The molecule has 0 aliphatic heterocycles. The third-order valence-corrected chi connectivity index (χ3v) is 3.35. The molecule has 3 nitrogen and oxygen atoms in total. The van der Waals surface area contributed by atoms with E-state index in [1.165, 1.54) is 12.1 Å². The summed E-state index contributed by atoms with van der Waals surface area (Å²) >= 11 is 11.6. The van der Waals surface area contributed by atoms with E-state index in [0.717, 1.165) is 5.52 Å². The molecule has 0 atom stereocenters. The number of imidazole rings is 1. The normalized spacial score (nSPS) is 11.1. The van der Waals surface area contributed by atoms with Crippen molar-refractivity contribution < 1.29 is 4.39 Å². The molecule has 0 saturated heterocycles. The van der Waals surface area contributed by atoms with Crippen molar-refractivity contribution in [2.75, 3.05) is 5.73 Å². The monoisotopic (exact) mass is 295 g/mol. The maximum Gasteiger partial charge on any atom is 0.205 e. The van der Waals surface area contributed by atoms with E-state index in [1.54, 1.807) is 28.8 Å². The van der Waals surface area contributed by atoms with Gasteiger partial charge in [-0.3, -0.25) is 4.57 Å². The highest BCUT2D eigenvalue weighted by Crippen LogP contribution is 2.27. The molecule has 6 heteroatoms. The van der Waals surface area contributed by atoms with Crippen molar-refractivity contribution in [2.45, 2.75) is 0 Å². The zero-order valence-corrected chi connectivity index (χ0v) is 11.1. The van der Waals surface area contributed by atoms with E-state index < -0.39 is 5.82 Å². The van der Waals surface area contributed by atoms with Gasteiger partial charge in [0.25, 0.3) is 0 Å². The lowest BCUT2D eigenvalue weighted by Crippen LogP contribution is -2.01. The molecule has 0 spiro atoms. The third-order valence-electron chi connectivity index (χ3n) is 2.80. The van der Waals surface area contributed by atoms with E-state index in [4.69, 9.17) is 28.9 Å². The Bertz CT molecular complexity index is 783. The maximum absolute atomic E-state index is 13.5. The van der Waals surface area contributed by atoms with Gasteiger partial charge >= 0.3 is 0 Å².